The first-order chi connectivity index (χ1) is 14.4. The van der Waals surface area contributed by atoms with Crippen LogP contribution >= 0.6 is 0 Å². The summed E-state index contributed by atoms with van der Waals surface area (Å²) in [7, 11) is 0. The van der Waals surface area contributed by atoms with Gasteiger partial charge in [-0.25, -0.2) is 9.37 Å². The largest absolute Gasteiger partial charge is 0.277 e. The van der Waals surface area contributed by atoms with Crippen molar-refractivity contribution in [3.8, 4) is 22.6 Å². The molecule has 5 nitrogen and oxygen atoms in total. The van der Waals surface area contributed by atoms with Gasteiger partial charge in [0.15, 0.2) is 5.82 Å². The number of benzene rings is 3. The van der Waals surface area contributed by atoms with Crippen molar-refractivity contribution in [2.24, 2.45) is 5.41 Å². The van der Waals surface area contributed by atoms with E-state index < -0.39 is 0 Å². The van der Waals surface area contributed by atoms with E-state index >= 15 is 0 Å². The molecule has 0 fully saturated rings. The van der Waals surface area contributed by atoms with Gasteiger partial charge in [-0.1, -0.05) is 39.0 Å². The lowest BCUT2D eigenvalue weighted by Crippen LogP contribution is -2.10. The molecule has 0 amide bonds. The minimum atomic E-state index is -0.234. The van der Waals surface area contributed by atoms with Gasteiger partial charge in [0.25, 0.3) is 0 Å². The topological polar surface area (TPSA) is 70.2 Å². The van der Waals surface area contributed by atoms with E-state index in [0.717, 1.165) is 50.7 Å². The second kappa shape index (κ2) is 6.76. The zero-order valence-electron chi connectivity index (χ0n) is 17.1. The molecule has 2 aromatic heterocycles. The van der Waals surface area contributed by atoms with Crippen LogP contribution in [-0.2, 0) is 6.42 Å². The SMILES string of the molecule is CC(C)(C)Cc1nc(-c2ccc3[nH]nc(-c4ccc5cc(F)ccc5c4)c3c2)n[nH]1. The highest BCUT2D eigenvalue weighted by molar-refractivity contribution is 5.97. The van der Waals surface area contributed by atoms with E-state index in [0.29, 0.717) is 5.82 Å². The molecular formula is C24H22FN5. The third-order valence-corrected chi connectivity index (χ3v) is 5.13. The lowest BCUT2D eigenvalue weighted by atomic mass is 9.92. The second-order valence-corrected chi connectivity index (χ2v) is 8.88. The minimum absolute atomic E-state index is 0.136. The van der Waals surface area contributed by atoms with Gasteiger partial charge < -0.3 is 0 Å². The molecule has 0 atom stereocenters. The van der Waals surface area contributed by atoms with Gasteiger partial charge in [0.2, 0.25) is 0 Å². The molecule has 0 bridgehead atoms. The van der Waals surface area contributed by atoms with E-state index in [1.807, 2.05) is 30.3 Å². The Morgan fingerprint density at radius 2 is 1.60 bits per heavy atom. The van der Waals surface area contributed by atoms with Gasteiger partial charge in [-0.2, -0.15) is 10.2 Å². The number of halogens is 1. The van der Waals surface area contributed by atoms with Crippen molar-refractivity contribution in [2.75, 3.05) is 0 Å². The van der Waals surface area contributed by atoms with Crippen LogP contribution in [0.25, 0.3) is 44.3 Å². The fourth-order valence-corrected chi connectivity index (χ4v) is 3.74. The summed E-state index contributed by atoms with van der Waals surface area (Å²) in [6.07, 6.45) is 0.830. The highest BCUT2D eigenvalue weighted by atomic mass is 19.1. The predicted molar refractivity (Wildman–Crippen MR) is 118 cm³/mol. The molecular weight excluding hydrogens is 377 g/mol. The van der Waals surface area contributed by atoms with Gasteiger partial charge in [-0.15, -0.1) is 0 Å². The van der Waals surface area contributed by atoms with Gasteiger partial charge in [0.1, 0.15) is 11.6 Å². The molecule has 0 spiro atoms. The second-order valence-electron chi connectivity index (χ2n) is 8.88. The predicted octanol–water partition coefficient (Wildman–Crippen LogP) is 5.90. The summed E-state index contributed by atoms with van der Waals surface area (Å²) in [6.45, 7) is 6.53. The summed E-state index contributed by atoms with van der Waals surface area (Å²) < 4.78 is 13.5. The molecule has 0 radical (unpaired) electrons. The molecule has 0 aliphatic carbocycles. The Kier molecular flexibility index (Phi) is 4.17. The maximum atomic E-state index is 13.5. The summed E-state index contributed by atoms with van der Waals surface area (Å²) in [5.41, 5.74) is 3.84. The van der Waals surface area contributed by atoms with Gasteiger partial charge in [0, 0.05) is 22.9 Å². The van der Waals surface area contributed by atoms with E-state index in [4.69, 9.17) is 0 Å². The molecule has 0 saturated carbocycles. The Morgan fingerprint density at radius 3 is 2.43 bits per heavy atom. The van der Waals surface area contributed by atoms with Crippen LogP contribution in [0.5, 0.6) is 0 Å². The summed E-state index contributed by atoms with van der Waals surface area (Å²) in [4.78, 5) is 4.68. The average molecular weight is 399 g/mol. The highest BCUT2D eigenvalue weighted by Crippen LogP contribution is 2.31. The molecule has 5 rings (SSSR count). The summed E-state index contributed by atoms with van der Waals surface area (Å²) in [5, 5.41) is 17.9. The van der Waals surface area contributed by atoms with Crippen LogP contribution in [0.3, 0.4) is 0 Å². The standard InChI is InChI=1S/C24H22FN5/c1-24(2,3)13-21-26-23(30-28-21)17-7-9-20-19(12-17)22(29-27-20)16-5-4-15-11-18(25)8-6-14(15)10-16/h4-12H,13H2,1-3H3,(H,27,29)(H,26,28,30). The zero-order valence-corrected chi connectivity index (χ0v) is 17.1. The van der Waals surface area contributed by atoms with Crippen molar-refractivity contribution < 1.29 is 4.39 Å². The van der Waals surface area contributed by atoms with Crippen molar-refractivity contribution in [3.05, 3.63) is 66.2 Å². The lowest BCUT2D eigenvalue weighted by molar-refractivity contribution is 0.401. The number of aromatic amines is 2. The molecule has 5 aromatic rings. The molecule has 2 heterocycles. The number of nitrogens with zero attached hydrogens (tertiary/aromatic N) is 3. The molecule has 6 heteroatoms. The molecule has 0 aliphatic rings. The molecule has 0 unspecified atom stereocenters. The van der Waals surface area contributed by atoms with E-state index in [1.165, 1.54) is 12.1 Å². The van der Waals surface area contributed by atoms with E-state index in [9.17, 15) is 4.39 Å². The smallest absolute Gasteiger partial charge is 0.181 e. The number of H-pyrrole nitrogens is 2. The fourth-order valence-electron chi connectivity index (χ4n) is 3.74. The van der Waals surface area contributed by atoms with Crippen LogP contribution in [0.15, 0.2) is 54.6 Å². The lowest BCUT2D eigenvalue weighted by Gasteiger charge is -2.15. The number of fused-ring (bicyclic) bond motifs is 2. The summed E-state index contributed by atoms with van der Waals surface area (Å²) in [5.74, 6) is 1.33. The van der Waals surface area contributed by atoms with Crippen LogP contribution in [0.1, 0.15) is 26.6 Å². The molecule has 30 heavy (non-hydrogen) atoms. The van der Waals surface area contributed by atoms with Gasteiger partial charge in [0.05, 0.1) is 11.2 Å². The fraction of sp³-hybridized carbons (Fsp3) is 0.208. The number of hydrogen-bond donors (Lipinski definition) is 2. The van der Waals surface area contributed by atoms with E-state index in [-0.39, 0.29) is 11.2 Å². The van der Waals surface area contributed by atoms with E-state index in [2.05, 4.69) is 52.2 Å². The zero-order chi connectivity index (χ0) is 20.9. The Balaban J connectivity index is 1.56. The van der Waals surface area contributed by atoms with Crippen molar-refractivity contribution >= 4 is 21.7 Å². The maximum Gasteiger partial charge on any atom is 0.181 e. The normalized spacial score (nSPS) is 12.1. The van der Waals surface area contributed by atoms with Crippen LogP contribution < -0.4 is 0 Å². The third kappa shape index (κ3) is 3.45. The van der Waals surface area contributed by atoms with Crippen molar-refractivity contribution in [1.82, 2.24) is 25.4 Å². The molecule has 0 saturated heterocycles. The molecule has 0 aliphatic heterocycles. The van der Waals surface area contributed by atoms with Crippen molar-refractivity contribution in [1.29, 1.82) is 0 Å². The maximum absolute atomic E-state index is 13.5. The molecule has 150 valence electrons. The van der Waals surface area contributed by atoms with Gasteiger partial charge >= 0.3 is 0 Å². The Hall–Kier alpha value is -3.54. The van der Waals surface area contributed by atoms with Crippen LogP contribution in [0.4, 0.5) is 4.39 Å². The van der Waals surface area contributed by atoms with Crippen LogP contribution in [-0.4, -0.2) is 25.4 Å². The highest BCUT2D eigenvalue weighted by Gasteiger charge is 2.16. The van der Waals surface area contributed by atoms with Gasteiger partial charge in [-0.3, -0.25) is 10.2 Å². The molecule has 2 N–H and O–H groups in total. The quantitative estimate of drug-likeness (QED) is 0.397. The Labute approximate surface area is 173 Å². The number of hydrogen-bond acceptors (Lipinski definition) is 3. The summed E-state index contributed by atoms with van der Waals surface area (Å²) >= 11 is 0. The van der Waals surface area contributed by atoms with Gasteiger partial charge in [-0.05, 0) is 52.6 Å². The monoisotopic (exact) mass is 399 g/mol. The first-order valence-electron chi connectivity index (χ1n) is 9.95. The number of rotatable bonds is 3. The number of aromatic nitrogens is 5. The molecule has 3 aromatic carbocycles. The van der Waals surface area contributed by atoms with Crippen molar-refractivity contribution in [3.63, 3.8) is 0 Å². The first-order valence-corrected chi connectivity index (χ1v) is 9.95. The summed E-state index contributed by atoms with van der Waals surface area (Å²) in [6, 6.07) is 16.8. The Bertz CT molecular complexity index is 1370. The van der Waals surface area contributed by atoms with Crippen LogP contribution in [0, 0.1) is 11.2 Å². The van der Waals surface area contributed by atoms with Crippen molar-refractivity contribution in [2.45, 2.75) is 27.2 Å². The number of nitrogens with one attached hydrogen (secondary N) is 2. The average Bonchev–Trinajstić information content (AvgIpc) is 3.32. The Morgan fingerprint density at radius 1 is 0.833 bits per heavy atom. The third-order valence-electron chi connectivity index (χ3n) is 5.13. The first kappa shape index (κ1) is 18.5. The van der Waals surface area contributed by atoms with E-state index in [1.54, 1.807) is 6.07 Å². The van der Waals surface area contributed by atoms with Crippen LogP contribution in [0.2, 0.25) is 0 Å². The minimum Gasteiger partial charge on any atom is -0.277 e.